The molecule has 3 nitrogen and oxygen atoms in total. The number of hydrogen-bond donors (Lipinski definition) is 0. The molecular formula is C12H14ClNO2. The van der Waals surface area contributed by atoms with Crippen molar-refractivity contribution in [2.75, 3.05) is 7.11 Å². The third-order valence-corrected chi connectivity index (χ3v) is 2.23. The fourth-order valence-corrected chi connectivity index (χ4v) is 1.48. The number of rotatable bonds is 3. The quantitative estimate of drug-likeness (QED) is 0.601. The van der Waals surface area contributed by atoms with Crippen molar-refractivity contribution in [2.45, 2.75) is 19.9 Å². The zero-order chi connectivity index (χ0) is 12.1. The van der Waals surface area contributed by atoms with Gasteiger partial charge in [0.2, 0.25) is 0 Å². The normalized spacial score (nSPS) is 11.7. The summed E-state index contributed by atoms with van der Waals surface area (Å²) in [6.07, 6.45) is 0. The molecule has 0 fully saturated rings. The smallest absolute Gasteiger partial charge is 0.337 e. The summed E-state index contributed by atoms with van der Waals surface area (Å²) in [6.45, 7) is 3.90. The lowest BCUT2D eigenvalue weighted by molar-refractivity contribution is 0.0601. The lowest BCUT2D eigenvalue weighted by atomic mass is 10.1. The highest BCUT2D eigenvalue weighted by Gasteiger charge is 2.06. The lowest BCUT2D eigenvalue weighted by Gasteiger charge is -2.03. The van der Waals surface area contributed by atoms with Crippen molar-refractivity contribution in [3.05, 3.63) is 35.4 Å². The van der Waals surface area contributed by atoms with Gasteiger partial charge in [-0.05, 0) is 26.0 Å². The van der Waals surface area contributed by atoms with Gasteiger partial charge < -0.3 is 4.74 Å². The Bertz CT molecular complexity index is 396. The summed E-state index contributed by atoms with van der Waals surface area (Å²) in [5.74, 6) is -0.358. The van der Waals surface area contributed by atoms with Crippen LogP contribution in [0.2, 0.25) is 0 Å². The van der Waals surface area contributed by atoms with E-state index < -0.39 is 0 Å². The Morgan fingerprint density at radius 2 is 1.75 bits per heavy atom. The number of ether oxygens (including phenoxy) is 1. The predicted octanol–water partition coefficient (Wildman–Crippen LogP) is 2.87. The van der Waals surface area contributed by atoms with Crippen LogP contribution in [0, 0.1) is 0 Å². The Morgan fingerprint density at radius 3 is 2.19 bits per heavy atom. The first-order valence-corrected chi connectivity index (χ1v) is 5.34. The van der Waals surface area contributed by atoms with Crippen LogP contribution in [0.15, 0.2) is 29.3 Å². The lowest BCUT2D eigenvalue weighted by Crippen LogP contribution is -2.02. The first-order chi connectivity index (χ1) is 7.54. The summed E-state index contributed by atoms with van der Waals surface area (Å²) in [4.78, 5) is 15.4. The van der Waals surface area contributed by atoms with Crippen LogP contribution in [0.4, 0.5) is 0 Å². The Morgan fingerprint density at radius 1 is 1.25 bits per heavy atom. The number of benzene rings is 1. The molecule has 1 aromatic rings. The molecule has 0 unspecified atom stereocenters. The van der Waals surface area contributed by atoms with Gasteiger partial charge >= 0.3 is 5.97 Å². The van der Waals surface area contributed by atoms with E-state index in [1.165, 1.54) is 7.11 Å². The summed E-state index contributed by atoms with van der Waals surface area (Å²) < 4.78 is 4.60. The van der Waals surface area contributed by atoms with Crippen LogP contribution >= 0.6 is 11.6 Å². The first kappa shape index (κ1) is 12.7. The maximum atomic E-state index is 11.2. The molecule has 0 bridgehead atoms. The Kier molecular flexibility index (Phi) is 4.50. The third-order valence-electron chi connectivity index (χ3n) is 1.92. The molecule has 1 aromatic carbocycles. The second-order valence-corrected chi connectivity index (χ2v) is 3.94. The Hall–Kier alpha value is -1.35. The molecule has 0 amide bonds. The van der Waals surface area contributed by atoms with Gasteiger partial charge in [0, 0.05) is 11.6 Å². The summed E-state index contributed by atoms with van der Waals surface area (Å²) in [6, 6.07) is 6.98. The van der Waals surface area contributed by atoms with Crippen molar-refractivity contribution in [2.24, 2.45) is 4.99 Å². The van der Waals surface area contributed by atoms with Gasteiger partial charge in [-0.2, -0.15) is 0 Å². The fraction of sp³-hybridized carbons (Fsp3) is 0.333. The van der Waals surface area contributed by atoms with Gasteiger partial charge in [0.1, 0.15) is 5.17 Å². The fourth-order valence-electron chi connectivity index (χ4n) is 1.16. The van der Waals surface area contributed by atoms with Crippen molar-refractivity contribution in [1.29, 1.82) is 0 Å². The van der Waals surface area contributed by atoms with Gasteiger partial charge in [-0.3, -0.25) is 4.99 Å². The zero-order valence-corrected chi connectivity index (χ0v) is 10.3. The van der Waals surface area contributed by atoms with Crippen molar-refractivity contribution in [3.63, 3.8) is 0 Å². The monoisotopic (exact) mass is 239 g/mol. The van der Waals surface area contributed by atoms with E-state index >= 15 is 0 Å². The molecule has 0 spiro atoms. The molecule has 0 saturated carbocycles. The topological polar surface area (TPSA) is 38.7 Å². The van der Waals surface area contributed by atoms with Crippen LogP contribution in [0.1, 0.15) is 29.8 Å². The predicted molar refractivity (Wildman–Crippen MR) is 65.3 cm³/mol. The van der Waals surface area contributed by atoms with Gasteiger partial charge in [0.15, 0.2) is 0 Å². The SMILES string of the molecule is COC(=O)c1ccc(/C(Cl)=N/C(C)C)cc1. The zero-order valence-electron chi connectivity index (χ0n) is 9.53. The van der Waals surface area contributed by atoms with E-state index in [0.717, 1.165) is 5.56 Å². The van der Waals surface area contributed by atoms with Gasteiger partial charge in [-0.1, -0.05) is 23.7 Å². The van der Waals surface area contributed by atoms with Crippen LogP contribution < -0.4 is 0 Å². The van der Waals surface area contributed by atoms with E-state index in [-0.39, 0.29) is 12.0 Å². The summed E-state index contributed by atoms with van der Waals surface area (Å²) in [7, 11) is 1.35. The van der Waals surface area contributed by atoms with Crippen LogP contribution in [0.5, 0.6) is 0 Å². The number of hydrogen-bond acceptors (Lipinski definition) is 3. The molecule has 1 rings (SSSR count). The van der Waals surface area contributed by atoms with Crippen molar-refractivity contribution < 1.29 is 9.53 Å². The number of carbonyl (C=O) groups is 1. The number of aliphatic imine (C=N–C) groups is 1. The maximum absolute atomic E-state index is 11.2. The van der Waals surface area contributed by atoms with E-state index in [0.29, 0.717) is 10.7 Å². The number of halogens is 1. The van der Waals surface area contributed by atoms with Gasteiger partial charge in [-0.25, -0.2) is 4.79 Å². The van der Waals surface area contributed by atoms with Crippen LogP contribution in [-0.4, -0.2) is 24.3 Å². The first-order valence-electron chi connectivity index (χ1n) is 4.96. The highest BCUT2D eigenvalue weighted by Crippen LogP contribution is 2.10. The van der Waals surface area contributed by atoms with E-state index in [1.54, 1.807) is 24.3 Å². The minimum atomic E-state index is -0.358. The number of esters is 1. The van der Waals surface area contributed by atoms with E-state index in [4.69, 9.17) is 11.6 Å². The van der Waals surface area contributed by atoms with E-state index in [9.17, 15) is 4.79 Å². The van der Waals surface area contributed by atoms with Gasteiger partial charge in [0.25, 0.3) is 0 Å². The van der Waals surface area contributed by atoms with Crippen LogP contribution in [0.3, 0.4) is 0 Å². The molecule has 0 aromatic heterocycles. The Labute approximate surface area is 100 Å². The second-order valence-electron chi connectivity index (χ2n) is 3.58. The van der Waals surface area contributed by atoms with Crippen LogP contribution in [0.25, 0.3) is 0 Å². The number of nitrogens with zero attached hydrogens (tertiary/aromatic N) is 1. The second kappa shape index (κ2) is 5.66. The molecule has 0 radical (unpaired) electrons. The standard InChI is InChI=1S/C12H14ClNO2/c1-8(2)14-11(13)9-4-6-10(7-5-9)12(15)16-3/h4-8H,1-3H3/b14-11-. The molecule has 0 atom stereocenters. The minimum absolute atomic E-state index is 0.146. The molecule has 0 aliphatic rings. The van der Waals surface area contributed by atoms with E-state index in [2.05, 4.69) is 9.73 Å². The molecule has 16 heavy (non-hydrogen) atoms. The van der Waals surface area contributed by atoms with Crippen LogP contribution in [-0.2, 0) is 4.74 Å². The van der Waals surface area contributed by atoms with Crippen molar-refractivity contribution in [3.8, 4) is 0 Å². The molecular weight excluding hydrogens is 226 g/mol. The summed E-state index contributed by atoms with van der Waals surface area (Å²) >= 11 is 6.00. The molecule has 0 N–H and O–H groups in total. The average Bonchev–Trinajstić information content (AvgIpc) is 2.27. The molecule has 86 valence electrons. The minimum Gasteiger partial charge on any atom is -0.465 e. The summed E-state index contributed by atoms with van der Waals surface area (Å²) in [5.41, 5.74) is 1.29. The highest BCUT2D eigenvalue weighted by molar-refractivity contribution is 6.69. The van der Waals surface area contributed by atoms with Crippen molar-refractivity contribution in [1.82, 2.24) is 0 Å². The maximum Gasteiger partial charge on any atom is 0.337 e. The molecule has 4 heteroatoms. The molecule has 0 aliphatic heterocycles. The average molecular weight is 240 g/mol. The van der Waals surface area contributed by atoms with Gasteiger partial charge in [0.05, 0.1) is 12.7 Å². The largest absolute Gasteiger partial charge is 0.465 e. The van der Waals surface area contributed by atoms with Gasteiger partial charge in [-0.15, -0.1) is 0 Å². The molecule has 0 heterocycles. The molecule has 0 aliphatic carbocycles. The summed E-state index contributed by atoms with van der Waals surface area (Å²) in [5, 5.41) is 0.450. The molecule has 0 saturated heterocycles. The number of methoxy groups -OCH3 is 1. The van der Waals surface area contributed by atoms with Crippen molar-refractivity contribution >= 4 is 22.7 Å². The number of carbonyl (C=O) groups excluding carboxylic acids is 1. The Balaban J connectivity index is 2.91. The third kappa shape index (κ3) is 3.35. The van der Waals surface area contributed by atoms with E-state index in [1.807, 2.05) is 13.8 Å². The highest BCUT2D eigenvalue weighted by atomic mass is 35.5.